The van der Waals surface area contributed by atoms with E-state index in [1.54, 1.807) is 12.1 Å². The van der Waals surface area contributed by atoms with E-state index >= 15 is 0 Å². The SMILES string of the molecule is N#Cc1ccc(C(=O)NCCCN2CCC(O)CC2)nc1. The zero-order valence-corrected chi connectivity index (χ0v) is 12.0. The van der Waals surface area contributed by atoms with Crippen LogP contribution >= 0.6 is 0 Å². The molecule has 0 bridgehead atoms. The number of aliphatic hydroxyl groups is 1. The monoisotopic (exact) mass is 288 g/mol. The first-order valence-electron chi connectivity index (χ1n) is 7.24. The molecule has 0 atom stereocenters. The van der Waals surface area contributed by atoms with E-state index in [4.69, 9.17) is 5.26 Å². The molecule has 0 aromatic carbocycles. The van der Waals surface area contributed by atoms with E-state index in [1.165, 1.54) is 6.20 Å². The van der Waals surface area contributed by atoms with Gasteiger partial charge in [-0.25, -0.2) is 4.98 Å². The number of aliphatic hydroxyl groups excluding tert-OH is 1. The third-order valence-electron chi connectivity index (χ3n) is 3.62. The highest BCUT2D eigenvalue weighted by Gasteiger charge is 2.16. The number of aromatic nitrogens is 1. The van der Waals surface area contributed by atoms with Gasteiger partial charge in [0.25, 0.3) is 5.91 Å². The first-order chi connectivity index (χ1) is 10.2. The summed E-state index contributed by atoms with van der Waals surface area (Å²) >= 11 is 0. The largest absolute Gasteiger partial charge is 0.393 e. The summed E-state index contributed by atoms with van der Waals surface area (Å²) in [6.45, 7) is 3.37. The van der Waals surface area contributed by atoms with E-state index in [0.29, 0.717) is 17.8 Å². The van der Waals surface area contributed by atoms with Crippen LogP contribution in [0.15, 0.2) is 18.3 Å². The van der Waals surface area contributed by atoms with Gasteiger partial charge in [-0.15, -0.1) is 0 Å². The third-order valence-corrected chi connectivity index (χ3v) is 3.62. The van der Waals surface area contributed by atoms with Crippen molar-refractivity contribution in [3.05, 3.63) is 29.6 Å². The van der Waals surface area contributed by atoms with Crippen molar-refractivity contribution in [2.75, 3.05) is 26.2 Å². The number of hydrogen-bond donors (Lipinski definition) is 2. The van der Waals surface area contributed by atoms with Gasteiger partial charge in [0.05, 0.1) is 11.7 Å². The lowest BCUT2D eigenvalue weighted by Gasteiger charge is -2.29. The molecule has 2 rings (SSSR count). The summed E-state index contributed by atoms with van der Waals surface area (Å²) in [5, 5.41) is 20.9. The van der Waals surface area contributed by atoms with E-state index in [0.717, 1.165) is 38.9 Å². The highest BCUT2D eigenvalue weighted by atomic mass is 16.3. The lowest BCUT2D eigenvalue weighted by molar-refractivity contribution is 0.0816. The molecule has 1 saturated heterocycles. The van der Waals surface area contributed by atoms with Crippen LogP contribution in [0.5, 0.6) is 0 Å². The third kappa shape index (κ3) is 4.81. The summed E-state index contributed by atoms with van der Waals surface area (Å²) in [4.78, 5) is 18.1. The minimum atomic E-state index is -0.214. The van der Waals surface area contributed by atoms with Gasteiger partial charge in [0.15, 0.2) is 0 Å². The number of amides is 1. The molecule has 6 heteroatoms. The molecule has 6 nitrogen and oxygen atoms in total. The highest BCUT2D eigenvalue weighted by molar-refractivity contribution is 5.92. The van der Waals surface area contributed by atoms with Crippen LogP contribution in [-0.2, 0) is 0 Å². The number of likely N-dealkylation sites (tertiary alicyclic amines) is 1. The maximum absolute atomic E-state index is 11.8. The fraction of sp³-hybridized carbons (Fsp3) is 0.533. The molecule has 1 aromatic rings. The molecule has 2 heterocycles. The molecule has 21 heavy (non-hydrogen) atoms. The number of nitrogens with zero attached hydrogens (tertiary/aromatic N) is 3. The number of nitriles is 1. The predicted molar refractivity (Wildman–Crippen MR) is 77.6 cm³/mol. The van der Waals surface area contributed by atoms with Gasteiger partial charge in [0, 0.05) is 25.8 Å². The van der Waals surface area contributed by atoms with Gasteiger partial charge < -0.3 is 15.3 Å². The van der Waals surface area contributed by atoms with E-state index in [1.807, 2.05) is 6.07 Å². The Morgan fingerprint density at radius 1 is 1.48 bits per heavy atom. The van der Waals surface area contributed by atoms with Crippen LogP contribution in [0, 0.1) is 11.3 Å². The van der Waals surface area contributed by atoms with E-state index in [9.17, 15) is 9.90 Å². The number of nitrogens with one attached hydrogen (secondary N) is 1. The molecule has 1 aliphatic rings. The van der Waals surface area contributed by atoms with Crippen molar-refractivity contribution in [3.63, 3.8) is 0 Å². The topological polar surface area (TPSA) is 89.2 Å². The second kappa shape index (κ2) is 7.72. The van der Waals surface area contributed by atoms with E-state index in [-0.39, 0.29) is 12.0 Å². The summed E-state index contributed by atoms with van der Waals surface area (Å²) in [5.41, 5.74) is 0.772. The Kier molecular flexibility index (Phi) is 5.67. The molecule has 0 radical (unpaired) electrons. The van der Waals surface area contributed by atoms with Crippen molar-refractivity contribution in [2.24, 2.45) is 0 Å². The number of rotatable bonds is 5. The predicted octanol–water partition coefficient (Wildman–Crippen LogP) is 0.530. The quantitative estimate of drug-likeness (QED) is 0.771. The van der Waals surface area contributed by atoms with Gasteiger partial charge in [0.1, 0.15) is 11.8 Å². The minimum absolute atomic E-state index is 0.150. The van der Waals surface area contributed by atoms with Gasteiger partial charge >= 0.3 is 0 Å². The Labute approximate surface area is 124 Å². The summed E-state index contributed by atoms with van der Waals surface area (Å²) in [6, 6.07) is 5.11. The normalized spacial score (nSPS) is 16.4. The molecule has 0 spiro atoms. The summed E-state index contributed by atoms with van der Waals surface area (Å²) in [5.74, 6) is -0.214. The van der Waals surface area contributed by atoms with Crippen LogP contribution in [0.2, 0.25) is 0 Å². The van der Waals surface area contributed by atoms with Crippen LogP contribution in [0.1, 0.15) is 35.3 Å². The van der Waals surface area contributed by atoms with Crippen LogP contribution in [0.25, 0.3) is 0 Å². The molecule has 0 saturated carbocycles. The average molecular weight is 288 g/mol. The van der Waals surface area contributed by atoms with Gasteiger partial charge in [-0.1, -0.05) is 0 Å². The molecular weight excluding hydrogens is 268 g/mol. The van der Waals surface area contributed by atoms with Gasteiger partial charge in [-0.2, -0.15) is 5.26 Å². The smallest absolute Gasteiger partial charge is 0.269 e. The molecule has 1 aromatic heterocycles. The summed E-state index contributed by atoms with van der Waals surface area (Å²) in [7, 11) is 0. The molecule has 2 N–H and O–H groups in total. The Morgan fingerprint density at radius 2 is 2.24 bits per heavy atom. The second-order valence-electron chi connectivity index (χ2n) is 5.23. The molecule has 0 unspecified atom stereocenters. The first kappa shape index (κ1) is 15.4. The molecule has 112 valence electrons. The molecule has 1 fully saturated rings. The fourth-order valence-corrected chi connectivity index (χ4v) is 2.33. The lowest BCUT2D eigenvalue weighted by Crippen LogP contribution is -2.37. The van der Waals surface area contributed by atoms with E-state index in [2.05, 4.69) is 15.2 Å². The van der Waals surface area contributed by atoms with Crippen molar-refractivity contribution in [2.45, 2.75) is 25.4 Å². The highest BCUT2D eigenvalue weighted by Crippen LogP contribution is 2.09. The molecule has 1 amide bonds. The van der Waals surface area contributed by atoms with Crippen molar-refractivity contribution in [1.82, 2.24) is 15.2 Å². The van der Waals surface area contributed by atoms with Crippen LogP contribution in [0.4, 0.5) is 0 Å². The number of pyridine rings is 1. The Hall–Kier alpha value is -1.97. The summed E-state index contributed by atoms with van der Waals surface area (Å²) < 4.78 is 0. The van der Waals surface area contributed by atoms with Gasteiger partial charge in [0.2, 0.25) is 0 Å². The van der Waals surface area contributed by atoms with Crippen molar-refractivity contribution >= 4 is 5.91 Å². The second-order valence-corrected chi connectivity index (χ2v) is 5.23. The molecule has 0 aliphatic carbocycles. The maximum Gasteiger partial charge on any atom is 0.269 e. The van der Waals surface area contributed by atoms with Crippen molar-refractivity contribution in [3.8, 4) is 6.07 Å². The van der Waals surface area contributed by atoms with Crippen LogP contribution < -0.4 is 5.32 Å². The molecule has 1 aliphatic heterocycles. The van der Waals surface area contributed by atoms with E-state index < -0.39 is 0 Å². The number of carbonyl (C=O) groups excluding carboxylic acids is 1. The summed E-state index contributed by atoms with van der Waals surface area (Å²) in [6.07, 6.45) is 3.79. The lowest BCUT2D eigenvalue weighted by atomic mass is 10.1. The zero-order valence-electron chi connectivity index (χ0n) is 12.0. The average Bonchev–Trinajstić information content (AvgIpc) is 2.53. The maximum atomic E-state index is 11.8. The minimum Gasteiger partial charge on any atom is -0.393 e. The number of hydrogen-bond acceptors (Lipinski definition) is 5. The van der Waals surface area contributed by atoms with Crippen LogP contribution in [0.3, 0.4) is 0 Å². The van der Waals surface area contributed by atoms with Gasteiger partial charge in [-0.05, 0) is 37.9 Å². The zero-order chi connectivity index (χ0) is 15.1. The van der Waals surface area contributed by atoms with Gasteiger partial charge in [-0.3, -0.25) is 4.79 Å². The van der Waals surface area contributed by atoms with Crippen molar-refractivity contribution in [1.29, 1.82) is 5.26 Å². The Balaban J connectivity index is 1.66. The molecular formula is C15H20N4O2. The Morgan fingerprint density at radius 3 is 2.86 bits per heavy atom. The Bertz CT molecular complexity index is 501. The standard InChI is InChI=1S/C15H20N4O2/c16-10-12-2-3-14(18-11-12)15(21)17-6-1-7-19-8-4-13(20)5-9-19/h2-3,11,13,20H,1,4-9H2,(H,17,21). The fourth-order valence-electron chi connectivity index (χ4n) is 2.33. The van der Waals surface area contributed by atoms with Crippen LogP contribution in [-0.4, -0.2) is 53.2 Å². The first-order valence-corrected chi connectivity index (χ1v) is 7.24. The number of carbonyl (C=O) groups is 1. The van der Waals surface area contributed by atoms with Crippen molar-refractivity contribution < 1.29 is 9.90 Å². The number of piperidine rings is 1.